The summed E-state index contributed by atoms with van der Waals surface area (Å²) in [5.41, 5.74) is 5.13. The van der Waals surface area contributed by atoms with Crippen LogP contribution in [-0.4, -0.2) is 10.9 Å². The number of rotatable bonds is 3. The Labute approximate surface area is 154 Å². The molecule has 0 fully saturated rings. The molecule has 3 aromatic rings. The van der Waals surface area contributed by atoms with Crippen LogP contribution < -0.4 is 5.32 Å². The van der Waals surface area contributed by atoms with Crippen molar-refractivity contribution in [3.8, 4) is 11.3 Å². The van der Waals surface area contributed by atoms with Crippen LogP contribution in [0.25, 0.3) is 11.3 Å². The van der Waals surface area contributed by atoms with Crippen molar-refractivity contribution in [1.29, 1.82) is 0 Å². The van der Waals surface area contributed by atoms with Gasteiger partial charge in [-0.05, 0) is 55.7 Å². The number of hydrogen-bond donors (Lipinski definition) is 1. The number of thiazole rings is 1. The predicted octanol–water partition coefficient (Wildman–Crippen LogP) is 5.78. The first-order valence-electron chi connectivity index (χ1n) is 7.66. The summed E-state index contributed by atoms with van der Waals surface area (Å²) in [4.78, 5) is 16.8. The minimum atomic E-state index is -0.660. The highest BCUT2D eigenvalue weighted by Gasteiger charge is 2.17. The van der Waals surface area contributed by atoms with E-state index in [2.05, 4.69) is 29.4 Å². The second kappa shape index (κ2) is 6.94. The highest BCUT2D eigenvalue weighted by molar-refractivity contribution is 7.14. The lowest BCUT2D eigenvalue weighted by molar-refractivity contribution is 0.102. The summed E-state index contributed by atoms with van der Waals surface area (Å²) in [5.74, 6) is -1.27. The van der Waals surface area contributed by atoms with E-state index in [9.17, 15) is 9.18 Å². The normalized spacial score (nSPS) is 10.8. The van der Waals surface area contributed by atoms with E-state index in [1.165, 1.54) is 40.7 Å². The van der Waals surface area contributed by atoms with Gasteiger partial charge in [0.25, 0.3) is 5.91 Å². The minimum absolute atomic E-state index is 0.0688. The standard InChI is InChI=1S/C19H16ClFN2OS/c1-10-7-12(3)13(8-11(10)2)16-9-25-19(22-16)23-18(24)17-14(20)5-4-6-15(17)21/h4-9H,1-3H3,(H,22,23,24). The van der Waals surface area contributed by atoms with Crippen molar-refractivity contribution in [3.63, 3.8) is 0 Å². The molecular formula is C19H16ClFN2OS. The van der Waals surface area contributed by atoms with Gasteiger partial charge in [0.05, 0.1) is 16.3 Å². The Morgan fingerprint density at radius 1 is 1.16 bits per heavy atom. The van der Waals surface area contributed by atoms with Gasteiger partial charge < -0.3 is 0 Å². The largest absolute Gasteiger partial charge is 0.298 e. The topological polar surface area (TPSA) is 42.0 Å². The zero-order valence-electron chi connectivity index (χ0n) is 14.0. The SMILES string of the molecule is Cc1cc(C)c(-c2csc(NC(=O)c3c(F)cccc3Cl)n2)cc1C. The van der Waals surface area contributed by atoms with Gasteiger partial charge in [-0.15, -0.1) is 11.3 Å². The average Bonchev–Trinajstić information content (AvgIpc) is 2.99. The number of carbonyl (C=O) groups is 1. The number of nitrogens with zero attached hydrogens (tertiary/aromatic N) is 1. The summed E-state index contributed by atoms with van der Waals surface area (Å²) in [6.45, 7) is 6.14. The Kier molecular flexibility index (Phi) is 4.88. The molecule has 2 aromatic carbocycles. The molecule has 0 bridgehead atoms. The molecule has 0 aliphatic heterocycles. The third kappa shape index (κ3) is 3.57. The minimum Gasteiger partial charge on any atom is -0.298 e. The zero-order valence-corrected chi connectivity index (χ0v) is 15.6. The first-order valence-corrected chi connectivity index (χ1v) is 8.91. The lowest BCUT2D eigenvalue weighted by Gasteiger charge is -2.08. The number of amides is 1. The van der Waals surface area contributed by atoms with Crippen LogP contribution in [0.2, 0.25) is 5.02 Å². The molecule has 3 nitrogen and oxygen atoms in total. The van der Waals surface area contributed by atoms with Gasteiger partial charge in [-0.3, -0.25) is 10.1 Å². The van der Waals surface area contributed by atoms with E-state index in [1.807, 2.05) is 19.2 Å². The second-order valence-corrected chi connectivity index (χ2v) is 7.11. The van der Waals surface area contributed by atoms with E-state index in [-0.39, 0.29) is 10.6 Å². The Morgan fingerprint density at radius 3 is 2.60 bits per heavy atom. The molecule has 0 radical (unpaired) electrons. The van der Waals surface area contributed by atoms with Gasteiger partial charge in [-0.25, -0.2) is 9.37 Å². The van der Waals surface area contributed by atoms with E-state index in [0.29, 0.717) is 5.13 Å². The number of halogens is 2. The lowest BCUT2D eigenvalue weighted by atomic mass is 9.99. The summed E-state index contributed by atoms with van der Waals surface area (Å²) in [6.07, 6.45) is 0. The maximum atomic E-state index is 13.8. The van der Waals surface area contributed by atoms with Gasteiger partial charge in [0.2, 0.25) is 0 Å². The Hall–Kier alpha value is -2.24. The highest BCUT2D eigenvalue weighted by Crippen LogP contribution is 2.30. The van der Waals surface area contributed by atoms with Gasteiger partial charge in [-0.2, -0.15) is 0 Å². The van der Waals surface area contributed by atoms with Gasteiger partial charge in [0, 0.05) is 10.9 Å². The Bertz CT molecular complexity index is 948. The molecule has 0 atom stereocenters. The second-order valence-electron chi connectivity index (χ2n) is 5.84. The van der Waals surface area contributed by atoms with E-state index < -0.39 is 11.7 Å². The molecule has 1 heterocycles. The number of nitrogens with one attached hydrogen (secondary N) is 1. The summed E-state index contributed by atoms with van der Waals surface area (Å²) >= 11 is 7.22. The summed E-state index contributed by atoms with van der Waals surface area (Å²) in [6, 6.07) is 8.33. The van der Waals surface area contributed by atoms with Crippen molar-refractivity contribution >= 4 is 34.0 Å². The average molecular weight is 375 g/mol. The molecule has 128 valence electrons. The van der Waals surface area contributed by atoms with Crippen LogP contribution in [0, 0.1) is 26.6 Å². The predicted molar refractivity (Wildman–Crippen MR) is 101 cm³/mol. The molecule has 1 N–H and O–H groups in total. The number of carbonyl (C=O) groups excluding carboxylic acids is 1. The maximum absolute atomic E-state index is 13.8. The number of anilines is 1. The first kappa shape index (κ1) is 17.6. The fourth-order valence-electron chi connectivity index (χ4n) is 2.57. The van der Waals surface area contributed by atoms with E-state index in [0.717, 1.165) is 16.8 Å². The molecule has 6 heteroatoms. The van der Waals surface area contributed by atoms with Crippen molar-refractivity contribution in [2.24, 2.45) is 0 Å². The van der Waals surface area contributed by atoms with Crippen LogP contribution in [-0.2, 0) is 0 Å². The Balaban J connectivity index is 1.88. The molecule has 0 saturated carbocycles. The molecule has 0 spiro atoms. The number of aryl methyl sites for hydroxylation is 3. The van der Waals surface area contributed by atoms with Crippen LogP contribution in [0.1, 0.15) is 27.0 Å². The van der Waals surface area contributed by atoms with Crippen LogP contribution in [0.15, 0.2) is 35.7 Å². The van der Waals surface area contributed by atoms with Crippen molar-refractivity contribution in [1.82, 2.24) is 4.98 Å². The van der Waals surface area contributed by atoms with E-state index in [4.69, 9.17) is 11.6 Å². The maximum Gasteiger partial charge on any atom is 0.261 e. The van der Waals surface area contributed by atoms with Crippen molar-refractivity contribution in [3.05, 3.63) is 68.8 Å². The third-order valence-electron chi connectivity index (χ3n) is 4.03. The highest BCUT2D eigenvalue weighted by atomic mass is 35.5. The molecular weight excluding hydrogens is 359 g/mol. The van der Waals surface area contributed by atoms with Gasteiger partial charge in [0.1, 0.15) is 5.82 Å². The zero-order chi connectivity index (χ0) is 18.1. The number of benzene rings is 2. The third-order valence-corrected chi connectivity index (χ3v) is 5.10. The van der Waals surface area contributed by atoms with Gasteiger partial charge in [-0.1, -0.05) is 23.7 Å². The smallest absolute Gasteiger partial charge is 0.261 e. The van der Waals surface area contributed by atoms with Gasteiger partial charge in [0.15, 0.2) is 5.13 Å². The molecule has 0 aliphatic rings. The van der Waals surface area contributed by atoms with Crippen LogP contribution >= 0.6 is 22.9 Å². The molecule has 0 aliphatic carbocycles. The van der Waals surface area contributed by atoms with Gasteiger partial charge >= 0.3 is 0 Å². The molecule has 1 amide bonds. The fraction of sp³-hybridized carbons (Fsp3) is 0.158. The summed E-state index contributed by atoms with van der Waals surface area (Å²) < 4.78 is 13.8. The molecule has 0 saturated heterocycles. The van der Waals surface area contributed by atoms with Crippen molar-refractivity contribution in [2.75, 3.05) is 5.32 Å². The molecule has 1 aromatic heterocycles. The molecule has 0 unspecified atom stereocenters. The summed E-state index contributed by atoms with van der Waals surface area (Å²) in [5, 5.41) is 4.96. The first-order chi connectivity index (χ1) is 11.9. The monoisotopic (exact) mass is 374 g/mol. The van der Waals surface area contributed by atoms with Crippen molar-refractivity contribution in [2.45, 2.75) is 20.8 Å². The van der Waals surface area contributed by atoms with Crippen LogP contribution in [0.3, 0.4) is 0 Å². The van der Waals surface area contributed by atoms with Crippen LogP contribution in [0.4, 0.5) is 9.52 Å². The quantitative estimate of drug-likeness (QED) is 0.631. The fourth-order valence-corrected chi connectivity index (χ4v) is 3.52. The number of aromatic nitrogens is 1. The van der Waals surface area contributed by atoms with E-state index >= 15 is 0 Å². The number of hydrogen-bond acceptors (Lipinski definition) is 3. The van der Waals surface area contributed by atoms with Crippen molar-refractivity contribution < 1.29 is 9.18 Å². The van der Waals surface area contributed by atoms with E-state index in [1.54, 1.807) is 0 Å². The molecule has 25 heavy (non-hydrogen) atoms. The lowest BCUT2D eigenvalue weighted by Crippen LogP contribution is -2.14. The summed E-state index contributed by atoms with van der Waals surface area (Å²) in [7, 11) is 0. The Morgan fingerprint density at radius 2 is 1.88 bits per heavy atom. The molecule has 3 rings (SSSR count). The van der Waals surface area contributed by atoms with Crippen LogP contribution in [0.5, 0.6) is 0 Å².